The second kappa shape index (κ2) is 7.13. The van der Waals surface area contributed by atoms with Gasteiger partial charge in [0.25, 0.3) is 0 Å². The molecule has 0 saturated carbocycles. The van der Waals surface area contributed by atoms with Crippen LogP contribution in [0.2, 0.25) is 0 Å². The van der Waals surface area contributed by atoms with E-state index in [1.165, 1.54) is 0 Å². The molecule has 0 amide bonds. The largest absolute Gasteiger partial charge is 0.461 e. The van der Waals surface area contributed by atoms with E-state index in [9.17, 15) is 4.79 Å². The fourth-order valence-corrected chi connectivity index (χ4v) is 0.218. The Morgan fingerprint density at radius 1 is 1.78 bits per heavy atom. The zero-order valence-corrected chi connectivity index (χ0v) is 5.30. The summed E-state index contributed by atoms with van der Waals surface area (Å²) < 4.78 is 4.46. The van der Waals surface area contributed by atoms with Crippen molar-refractivity contribution in [3.05, 3.63) is 12.7 Å². The number of carbonyl (C=O) groups excluding carboxylic acids is 1. The van der Waals surface area contributed by atoms with Crippen LogP contribution in [0.15, 0.2) is 12.7 Å². The maximum absolute atomic E-state index is 10.2. The predicted molar refractivity (Wildman–Crippen MR) is 35.2 cm³/mol. The van der Waals surface area contributed by atoms with Crippen molar-refractivity contribution in [2.24, 2.45) is 5.73 Å². The first-order valence-corrected chi connectivity index (χ1v) is 2.30. The smallest absolute Gasteiger partial charge is 0.330 e. The van der Waals surface area contributed by atoms with Crippen molar-refractivity contribution in [2.75, 3.05) is 13.2 Å². The number of ether oxygens (including phenoxy) is 1. The SMILES string of the molecule is C=CC(=O)OCCN.N. The van der Waals surface area contributed by atoms with Gasteiger partial charge >= 0.3 is 5.97 Å². The molecule has 5 N–H and O–H groups in total. The number of esters is 1. The number of hydrogen-bond acceptors (Lipinski definition) is 4. The van der Waals surface area contributed by atoms with Crippen molar-refractivity contribution in [3.8, 4) is 0 Å². The van der Waals surface area contributed by atoms with Gasteiger partial charge in [-0.05, 0) is 0 Å². The van der Waals surface area contributed by atoms with Gasteiger partial charge in [0.15, 0.2) is 0 Å². The van der Waals surface area contributed by atoms with E-state index in [-0.39, 0.29) is 12.8 Å². The molecular formula is C5H12N2O2. The molecule has 0 aliphatic rings. The van der Waals surface area contributed by atoms with E-state index in [4.69, 9.17) is 5.73 Å². The van der Waals surface area contributed by atoms with Crippen LogP contribution in [0.1, 0.15) is 0 Å². The quantitative estimate of drug-likeness (QED) is 0.412. The van der Waals surface area contributed by atoms with Crippen LogP contribution in [0.3, 0.4) is 0 Å². The molecule has 0 bridgehead atoms. The topological polar surface area (TPSA) is 87.3 Å². The van der Waals surface area contributed by atoms with E-state index in [1.54, 1.807) is 0 Å². The van der Waals surface area contributed by atoms with E-state index in [1.807, 2.05) is 0 Å². The highest BCUT2D eigenvalue weighted by Gasteiger charge is 1.89. The van der Waals surface area contributed by atoms with Crippen molar-refractivity contribution in [2.45, 2.75) is 0 Å². The number of hydrogen-bond donors (Lipinski definition) is 2. The van der Waals surface area contributed by atoms with E-state index in [0.29, 0.717) is 6.54 Å². The maximum atomic E-state index is 10.2. The first kappa shape index (κ1) is 11.0. The Labute approximate surface area is 54.3 Å². The molecule has 0 aromatic rings. The summed E-state index contributed by atoms with van der Waals surface area (Å²) in [7, 11) is 0. The molecule has 0 heterocycles. The monoisotopic (exact) mass is 132 g/mol. The molecule has 0 atom stereocenters. The summed E-state index contributed by atoms with van der Waals surface area (Å²) in [6, 6.07) is 0. The third-order valence-corrected chi connectivity index (χ3v) is 0.529. The minimum atomic E-state index is -0.421. The molecule has 0 aliphatic heterocycles. The fourth-order valence-electron chi connectivity index (χ4n) is 0.218. The van der Waals surface area contributed by atoms with Crippen LogP contribution in [0.4, 0.5) is 0 Å². The van der Waals surface area contributed by atoms with Gasteiger partial charge in [0.2, 0.25) is 0 Å². The minimum Gasteiger partial charge on any atom is -0.461 e. The Morgan fingerprint density at radius 2 is 2.33 bits per heavy atom. The molecule has 0 saturated heterocycles. The van der Waals surface area contributed by atoms with Gasteiger partial charge < -0.3 is 16.6 Å². The van der Waals surface area contributed by atoms with Crippen molar-refractivity contribution >= 4 is 5.97 Å². The van der Waals surface area contributed by atoms with Gasteiger partial charge in [-0.2, -0.15) is 0 Å². The van der Waals surface area contributed by atoms with Crippen LogP contribution >= 0.6 is 0 Å². The molecule has 4 heteroatoms. The number of carbonyl (C=O) groups is 1. The van der Waals surface area contributed by atoms with Crippen LogP contribution in [-0.4, -0.2) is 19.1 Å². The average molecular weight is 132 g/mol. The van der Waals surface area contributed by atoms with Crippen molar-refractivity contribution in [1.82, 2.24) is 6.15 Å². The predicted octanol–water partition coefficient (Wildman–Crippen LogP) is -0.164. The van der Waals surface area contributed by atoms with Crippen molar-refractivity contribution in [3.63, 3.8) is 0 Å². The van der Waals surface area contributed by atoms with Gasteiger partial charge in [0.1, 0.15) is 6.61 Å². The molecule has 9 heavy (non-hydrogen) atoms. The summed E-state index contributed by atoms with van der Waals surface area (Å²) in [6.45, 7) is 3.83. The van der Waals surface area contributed by atoms with Gasteiger partial charge in [-0.25, -0.2) is 4.79 Å². The lowest BCUT2D eigenvalue weighted by Gasteiger charge is -1.94. The number of nitrogens with two attached hydrogens (primary N) is 1. The van der Waals surface area contributed by atoms with Gasteiger partial charge in [0.05, 0.1) is 0 Å². The second-order valence-corrected chi connectivity index (χ2v) is 1.16. The summed E-state index contributed by atoms with van der Waals surface area (Å²) in [5.41, 5.74) is 5.02. The van der Waals surface area contributed by atoms with Gasteiger partial charge in [-0.15, -0.1) is 0 Å². The summed E-state index contributed by atoms with van der Waals surface area (Å²) in [4.78, 5) is 10.2. The highest BCUT2D eigenvalue weighted by atomic mass is 16.5. The van der Waals surface area contributed by atoms with Crippen LogP contribution in [0, 0.1) is 0 Å². The molecular weight excluding hydrogens is 120 g/mol. The summed E-state index contributed by atoms with van der Waals surface area (Å²) in [5.74, 6) is -0.421. The van der Waals surface area contributed by atoms with Gasteiger partial charge in [-0.3, -0.25) is 0 Å². The third kappa shape index (κ3) is 7.13. The summed E-state index contributed by atoms with van der Waals surface area (Å²) >= 11 is 0. The lowest BCUT2D eigenvalue weighted by molar-refractivity contribution is -0.137. The average Bonchev–Trinajstić information content (AvgIpc) is 1.83. The van der Waals surface area contributed by atoms with Crippen LogP contribution in [0.25, 0.3) is 0 Å². The Bertz CT molecular complexity index is 93.0. The first-order chi connectivity index (χ1) is 3.81. The highest BCUT2D eigenvalue weighted by molar-refractivity contribution is 5.81. The normalized spacial score (nSPS) is 7.22. The first-order valence-electron chi connectivity index (χ1n) is 2.30. The summed E-state index contributed by atoms with van der Waals surface area (Å²) in [5, 5.41) is 0. The fraction of sp³-hybridized carbons (Fsp3) is 0.400. The maximum Gasteiger partial charge on any atom is 0.330 e. The molecule has 54 valence electrons. The number of rotatable bonds is 3. The molecule has 0 unspecified atom stereocenters. The van der Waals surface area contributed by atoms with E-state index in [0.717, 1.165) is 6.08 Å². The van der Waals surface area contributed by atoms with E-state index in [2.05, 4.69) is 11.3 Å². The van der Waals surface area contributed by atoms with E-state index >= 15 is 0 Å². The van der Waals surface area contributed by atoms with Crippen molar-refractivity contribution in [1.29, 1.82) is 0 Å². The van der Waals surface area contributed by atoms with Crippen LogP contribution < -0.4 is 11.9 Å². The molecule has 0 rings (SSSR count). The zero-order valence-electron chi connectivity index (χ0n) is 5.30. The Hall–Kier alpha value is -0.870. The lowest BCUT2D eigenvalue weighted by Crippen LogP contribution is -2.11. The molecule has 0 spiro atoms. The third-order valence-electron chi connectivity index (χ3n) is 0.529. The van der Waals surface area contributed by atoms with Gasteiger partial charge in [-0.1, -0.05) is 6.58 Å². The minimum absolute atomic E-state index is 0. The highest BCUT2D eigenvalue weighted by Crippen LogP contribution is 1.74. The Morgan fingerprint density at radius 3 is 2.67 bits per heavy atom. The zero-order chi connectivity index (χ0) is 6.41. The standard InChI is InChI=1S/C5H9NO2.H3N/c1-2-5(7)8-4-3-6;/h2H,1,3-4,6H2;1H3. The van der Waals surface area contributed by atoms with Crippen molar-refractivity contribution < 1.29 is 9.53 Å². The Balaban J connectivity index is 0. The molecule has 4 nitrogen and oxygen atoms in total. The molecule has 0 fully saturated rings. The molecule has 0 aromatic carbocycles. The summed E-state index contributed by atoms with van der Waals surface area (Å²) in [6.07, 6.45) is 1.11. The molecule has 0 aromatic heterocycles. The van der Waals surface area contributed by atoms with E-state index < -0.39 is 5.97 Å². The Kier molecular flexibility index (Phi) is 8.71. The van der Waals surface area contributed by atoms with Gasteiger partial charge in [0, 0.05) is 12.6 Å². The second-order valence-electron chi connectivity index (χ2n) is 1.16. The lowest BCUT2D eigenvalue weighted by atomic mass is 10.6. The molecule has 0 aliphatic carbocycles. The molecule has 0 radical (unpaired) electrons. The van der Waals surface area contributed by atoms with Crippen LogP contribution in [0.5, 0.6) is 0 Å². The van der Waals surface area contributed by atoms with Crippen LogP contribution in [-0.2, 0) is 9.53 Å².